The van der Waals surface area contributed by atoms with Crippen molar-refractivity contribution in [1.82, 2.24) is 0 Å². The number of para-hydroxylation sites is 1. The van der Waals surface area contributed by atoms with Crippen LogP contribution >= 0.6 is 0 Å². The number of hydrogen-bond donors (Lipinski definition) is 1. The van der Waals surface area contributed by atoms with Crippen LogP contribution < -0.4 is 10.1 Å². The third-order valence-corrected chi connectivity index (χ3v) is 3.32. The molecular formula is C19H15N3O4. The molecule has 7 nitrogen and oxygen atoms in total. The Bertz CT molecular complexity index is 879. The second-order valence-corrected chi connectivity index (χ2v) is 5.20. The fourth-order valence-corrected chi connectivity index (χ4v) is 1.98. The molecule has 0 fully saturated rings. The molecule has 1 atom stereocenters. The van der Waals surface area contributed by atoms with Crippen LogP contribution in [0, 0.1) is 22.7 Å². The van der Waals surface area contributed by atoms with Crippen LogP contribution in [-0.2, 0) is 14.3 Å². The van der Waals surface area contributed by atoms with Crippen molar-refractivity contribution in [3.8, 4) is 17.9 Å². The summed E-state index contributed by atoms with van der Waals surface area (Å²) in [5.74, 6) is -0.869. The third-order valence-electron chi connectivity index (χ3n) is 3.32. The maximum atomic E-state index is 12.1. The molecule has 0 aliphatic heterocycles. The lowest BCUT2D eigenvalue weighted by Crippen LogP contribution is -2.31. The smallest absolute Gasteiger partial charge is 0.344 e. The highest BCUT2D eigenvalue weighted by molar-refractivity contribution is 5.96. The molecular weight excluding hydrogens is 334 g/mol. The first-order valence-corrected chi connectivity index (χ1v) is 7.66. The van der Waals surface area contributed by atoms with Crippen LogP contribution in [0.3, 0.4) is 0 Å². The van der Waals surface area contributed by atoms with E-state index in [-0.39, 0.29) is 6.61 Å². The first-order chi connectivity index (χ1) is 12.5. The van der Waals surface area contributed by atoms with Crippen LogP contribution in [0.5, 0.6) is 5.75 Å². The number of rotatable bonds is 6. The molecule has 1 unspecified atom stereocenters. The van der Waals surface area contributed by atoms with E-state index in [2.05, 4.69) is 5.32 Å². The van der Waals surface area contributed by atoms with Gasteiger partial charge in [-0.05, 0) is 43.3 Å². The van der Waals surface area contributed by atoms with Gasteiger partial charge in [-0.3, -0.25) is 4.79 Å². The van der Waals surface area contributed by atoms with E-state index in [0.29, 0.717) is 22.6 Å². The zero-order valence-corrected chi connectivity index (χ0v) is 13.9. The summed E-state index contributed by atoms with van der Waals surface area (Å²) in [4.78, 5) is 23.9. The van der Waals surface area contributed by atoms with Crippen molar-refractivity contribution in [3.05, 3.63) is 59.7 Å². The third kappa shape index (κ3) is 5.08. The lowest BCUT2D eigenvalue weighted by Gasteiger charge is -2.14. The minimum absolute atomic E-state index is 0.309. The molecule has 7 heteroatoms. The van der Waals surface area contributed by atoms with Crippen molar-refractivity contribution in [2.24, 2.45) is 0 Å². The molecule has 0 aliphatic carbocycles. The van der Waals surface area contributed by atoms with Crippen LogP contribution in [0.15, 0.2) is 48.5 Å². The molecule has 0 aromatic heterocycles. The van der Waals surface area contributed by atoms with Gasteiger partial charge in [-0.2, -0.15) is 10.5 Å². The molecule has 0 aliphatic rings. The number of hydrogen-bond acceptors (Lipinski definition) is 6. The summed E-state index contributed by atoms with van der Waals surface area (Å²) in [6.07, 6.45) is -1.06. The monoisotopic (exact) mass is 349 g/mol. The van der Waals surface area contributed by atoms with Crippen LogP contribution in [0.1, 0.15) is 18.1 Å². The van der Waals surface area contributed by atoms with Gasteiger partial charge in [0.1, 0.15) is 11.8 Å². The average Bonchev–Trinajstić information content (AvgIpc) is 2.67. The second kappa shape index (κ2) is 8.86. The Morgan fingerprint density at radius 3 is 2.42 bits per heavy atom. The topological polar surface area (TPSA) is 112 Å². The van der Waals surface area contributed by atoms with Gasteiger partial charge in [0.05, 0.1) is 22.9 Å². The first kappa shape index (κ1) is 18.5. The van der Waals surface area contributed by atoms with Crippen molar-refractivity contribution in [2.75, 3.05) is 11.9 Å². The summed E-state index contributed by atoms with van der Waals surface area (Å²) in [5, 5.41) is 20.3. The predicted octanol–water partition coefficient (Wildman–Crippen LogP) is 2.38. The van der Waals surface area contributed by atoms with Gasteiger partial charge in [-0.25, -0.2) is 4.79 Å². The highest BCUT2D eigenvalue weighted by Gasteiger charge is 2.19. The van der Waals surface area contributed by atoms with E-state index >= 15 is 0 Å². The molecule has 2 aromatic carbocycles. The Kier molecular flexibility index (Phi) is 6.30. The molecule has 2 aromatic rings. The number of esters is 1. The van der Waals surface area contributed by atoms with Gasteiger partial charge in [0.15, 0.2) is 12.7 Å². The lowest BCUT2D eigenvalue weighted by atomic mass is 10.2. The maximum absolute atomic E-state index is 12.1. The lowest BCUT2D eigenvalue weighted by molar-refractivity contribution is -0.155. The largest absolute Gasteiger partial charge is 0.482 e. The maximum Gasteiger partial charge on any atom is 0.344 e. The number of nitrogens with one attached hydrogen (secondary N) is 1. The quantitative estimate of drug-likeness (QED) is 0.801. The van der Waals surface area contributed by atoms with Crippen LogP contribution in [0.25, 0.3) is 0 Å². The molecule has 130 valence electrons. The zero-order chi connectivity index (χ0) is 18.9. The Morgan fingerprint density at radius 2 is 1.77 bits per heavy atom. The summed E-state index contributed by atoms with van der Waals surface area (Å²) in [7, 11) is 0. The van der Waals surface area contributed by atoms with Crippen molar-refractivity contribution >= 4 is 17.6 Å². The van der Waals surface area contributed by atoms with Crippen molar-refractivity contribution < 1.29 is 19.1 Å². The normalized spacial score (nSPS) is 10.7. The van der Waals surface area contributed by atoms with Gasteiger partial charge in [0.25, 0.3) is 5.91 Å². The van der Waals surface area contributed by atoms with Crippen molar-refractivity contribution in [1.29, 1.82) is 10.5 Å². The summed E-state index contributed by atoms with van der Waals surface area (Å²) < 4.78 is 10.3. The predicted molar refractivity (Wildman–Crippen MR) is 92.0 cm³/mol. The molecule has 2 rings (SSSR count). The highest BCUT2D eigenvalue weighted by atomic mass is 16.6. The van der Waals surface area contributed by atoms with Crippen LogP contribution in [-0.4, -0.2) is 24.6 Å². The van der Waals surface area contributed by atoms with Crippen molar-refractivity contribution in [3.63, 3.8) is 0 Å². The minimum atomic E-state index is -1.06. The van der Waals surface area contributed by atoms with E-state index < -0.39 is 18.0 Å². The summed E-state index contributed by atoms with van der Waals surface area (Å²) in [5.41, 5.74) is 1.13. The van der Waals surface area contributed by atoms with E-state index in [1.807, 2.05) is 12.1 Å². The number of amides is 1. The van der Waals surface area contributed by atoms with E-state index in [9.17, 15) is 9.59 Å². The number of anilines is 1. The number of carbonyl (C=O) groups is 2. The summed E-state index contributed by atoms with van der Waals surface area (Å²) >= 11 is 0. The van der Waals surface area contributed by atoms with E-state index in [4.69, 9.17) is 20.0 Å². The number of nitriles is 2. The molecule has 0 saturated heterocycles. The molecule has 0 spiro atoms. The van der Waals surface area contributed by atoms with Crippen molar-refractivity contribution in [2.45, 2.75) is 13.0 Å². The molecule has 0 saturated carbocycles. The summed E-state index contributed by atoms with van der Waals surface area (Å²) in [6, 6.07) is 16.7. The van der Waals surface area contributed by atoms with Gasteiger partial charge in [-0.1, -0.05) is 12.1 Å². The average molecular weight is 349 g/mol. The number of ether oxygens (including phenoxy) is 2. The Labute approximate surface area is 150 Å². The van der Waals surface area contributed by atoms with Gasteiger partial charge in [0.2, 0.25) is 0 Å². The second-order valence-electron chi connectivity index (χ2n) is 5.20. The van der Waals surface area contributed by atoms with Crippen LogP contribution in [0.4, 0.5) is 5.69 Å². The fourth-order valence-electron chi connectivity index (χ4n) is 1.98. The number of nitrogens with zero attached hydrogens (tertiary/aromatic N) is 2. The highest BCUT2D eigenvalue weighted by Crippen LogP contribution is 2.14. The van der Waals surface area contributed by atoms with Gasteiger partial charge >= 0.3 is 5.97 Å². The van der Waals surface area contributed by atoms with E-state index in [1.165, 1.54) is 6.92 Å². The number of benzene rings is 2. The fraction of sp³-hybridized carbons (Fsp3) is 0.158. The first-order valence-electron chi connectivity index (χ1n) is 7.66. The van der Waals surface area contributed by atoms with Gasteiger partial charge in [-0.15, -0.1) is 0 Å². The molecule has 1 amide bonds. The Morgan fingerprint density at radius 1 is 1.08 bits per heavy atom. The van der Waals surface area contributed by atoms with E-state index in [0.717, 1.165) is 0 Å². The number of carbonyl (C=O) groups excluding carboxylic acids is 2. The summed E-state index contributed by atoms with van der Waals surface area (Å²) in [6.45, 7) is 1.04. The Hall–Kier alpha value is -3.84. The minimum Gasteiger partial charge on any atom is -0.482 e. The zero-order valence-electron chi connectivity index (χ0n) is 13.9. The molecule has 1 N–H and O–H groups in total. The molecule has 0 radical (unpaired) electrons. The standard InChI is InChI=1S/C19H15N3O4/c1-13(19(24)22-17-5-3-2-4-15(17)11-21)26-18(23)12-25-16-8-6-14(10-20)7-9-16/h2-9,13H,12H2,1H3,(H,22,24). The Balaban J connectivity index is 1.85. The molecule has 0 heterocycles. The van der Waals surface area contributed by atoms with Gasteiger partial charge in [0, 0.05) is 0 Å². The molecule has 26 heavy (non-hydrogen) atoms. The van der Waals surface area contributed by atoms with E-state index in [1.54, 1.807) is 48.5 Å². The van der Waals surface area contributed by atoms with Crippen LogP contribution in [0.2, 0.25) is 0 Å². The van der Waals surface area contributed by atoms with Gasteiger partial charge < -0.3 is 14.8 Å². The molecule has 0 bridgehead atoms. The SMILES string of the molecule is CC(OC(=O)COc1ccc(C#N)cc1)C(=O)Nc1ccccc1C#N.